The molecule has 9 nitrogen and oxygen atoms in total. The Labute approximate surface area is 123 Å². The molecule has 2 aromatic rings. The Morgan fingerprint density at radius 2 is 2.14 bits per heavy atom. The van der Waals surface area contributed by atoms with E-state index in [0.29, 0.717) is 16.3 Å². The highest BCUT2D eigenvalue weighted by Crippen LogP contribution is 2.32. The number of aromatic nitrogens is 4. The Balaban J connectivity index is 2.07. The topological polar surface area (TPSA) is 140 Å². The molecule has 2 aromatic heterocycles. The zero-order valence-corrected chi connectivity index (χ0v) is 11.9. The number of hydrogen-bond acceptors (Lipinski definition) is 9. The van der Waals surface area contributed by atoms with Crippen molar-refractivity contribution in [3.8, 4) is 0 Å². The molecule has 21 heavy (non-hydrogen) atoms. The third-order valence-electron chi connectivity index (χ3n) is 3.40. The van der Waals surface area contributed by atoms with E-state index in [9.17, 15) is 10.2 Å². The maximum absolute atomic E-state index is 10.1. The number of imidazole rings is 1. The third kappa shape index (κ3) is 2.24. The molecule has 1 unspecified atom stereocenters. The van der Waals surface area contributed by atoms with Crippen molar-refractivity contribution in [3.05, 3.63) is 6.33 Å². The average Bonchev–Trinajstić information content (AvgIpc) is 3.02. The normalized spacial score (nSPS) is 29.3. The number of nitrogens with two attached hydrogens (primary N) is 1. The zero-order valence-electron chi connectivity index (χ0n) is 11.1. The summed E-state index contributed by atoms with van der Waals surface area (Å²) in [5.74, 6) is 0.231. The largest absolute Gasteiger partial charge is 0.394 e. The van der Waals surface area contributed by atoms with Crippen LogP contribution in [0.1, 0.15) is 6.23 Å². The SMILES string of the molecule is CSc1nc(N)c2ncn([C@@H]3O[C@H](CO)C(O)[C@@H]3O)c2n1. The maximum atomic E-state index is 10.1. The van der Waals surface area contributed by atoms with E-state index in [-0.39, 0.29) is 5.82 Å². The van der Waals surface area contributed by atoms with Crippen LogP contribution in [0.25, 0.3) is 11.2 Å². The molecular formula is C11H15N5O4S. The number of rotatable bonds is 3. The predicted octanol–water partition coefficient (Wildman–Crippen LogP) is -1.26. The first kappa shape index (κ1) is 14.5. The van der Waals surface area contributed by atoms with Gasteiger partial charge in [0.2, 0.25) is 0 Å². The van der Waals surface area contributed by atoms with Gasteiger partial charge in [0.05, 0.1) is 12.9 Å². The van der Waals surface area contributed by atoms with Gasteiger partial charge in [-0.3, -0.25) is 4.57 Å². The van der Waals surface area contributed by atoms with Crippen molar-refractivity contribution in [2.24, 2.45) is 0 Å². The number of nitrogen functional groups attached to an aromatic ring is 1. The second-order valence-corrected chi connectivity index (χ2v) is 5.42. The number of aliphatic hydroxyl groups is 3. The van der Waals surface area contributed by atoms with Crippen molar-refractivity contribution in [3.63, 3.8) is 0 Å². The first-order chi connectivity index (χ1) is 10.1. The molecule has 0 aliphatic carbocycles. The van der Waals surface area contributed by atoms with Crippen molar-refractivity contribution in [1.29, 1.82) is 0 Å². The van der Waals surface area contributed by atoms with Gasteiger partial charge in [-0.1, -0.05) is 11.8 Å². The fourth-order valence-corrected chi connectivity index (χ4v) is 2.67. The highest BCUT2D eigenvalue weighted by atomic mass is 32.2. The van der Waals surface area contributed by atoms with Gasteiger partial charge in [-0.2, -0.15) is 0 Å². The third-order valence-corrected chi connectivity index (χ3v) is 3.95. The van der Waals surface area contributed by atoms with Gasteiger partial charge >= 0.3 is 0 Å². The lowest BCUT2D eigenvalue weighted by Gasteiger charge is -2.16. The quantitative estimate of drug-likeness (QED) is 0.404. The van der Waals surface area contributed by atoms with Crippen LogP contribution in [0.3, 0.4) is 0 Å². The van der Waals surface area contributed by atoms with Gasteiger partial charge in [0.25, 0.3) is 0 Å². The Hall–Kier alpha value is -1.46. The van der Waals surface area contributed by atoms with E-state index >= 15 is 0 Å². The van der Waals surface area contributed by atoms with Crippen LogP contribution < -0.4 is 5.73 Å². The predicted molar refractivity (Wildman–Crippen MR) is 74.5 cm³/mol. The summed E-state index contributed by atoms with van der Waals surface area (Å²) in [6.07, 6.45) is -0.911. The van der Waals surface area contributed by atoms with Gasteiger partial charge in [0.1, 0.15) is 23.8 Å². The van der Waals surface area contributed by atoms with Gasteiger partial charge in [-0.15, -0.1) is 0 Å². The molecule has 0 amide bonds. The van der Waals surface area contributed by atoms with E-state index in [2.05, 4.69) is 15.0 Å². The lowest BCUT2D eigenvalue weighted by Crippen LogP contribution is -2.33. The van der Waals surface area contributed by atoms with Crippen LogP contribution in [-0.2, 0) is 4.74 Å². The van der Waals surface area contributed by atoms with Gasteiger partial charge in [0.15, 0.2) is 22.8 Å². The van der Waals surface area contributed by atoms with Crippen molar-refractivity contribution in [2.45, 2.75) is 29.7 Å². The molecule has 5 N–H and O–H groups in total. The van der Waals surface area contributed by atoms with Crippen LogP contribution in [0.15, 0.2) is 11.5 Å². The number of hydrogen-bond donors (Lipinski definition) is 4. The van der Waals surface area contributed by atoms with Crippen molar-refractivity contribution in [1.82, 2.24) is 19.5 Å². The fourth-order valence-electron chi connectivity index (χ4n) is 2.30. The molecule has 3 heterocycles. The van der Waals surface area contributed by atoms with Crippen LogP contribution in [0.2, 0.25) is 0 Å². The highest BCUT2D eigenvalue weighted by molar-refractivity contribution is 7.98. The minimum absolute atomic E-state index is 0.231. The van der Waals surface area contributed by atoms with Crippen molar-refractivity contribution >= 4 is 28.7 Å². The molecule has 3 rings (SSSR count). The van der Waals surface area contributed by atoms with Gasteiger partial charge in [-0.25, -0.2) is 15.0 Å². The van der Waals surface area contributed by atoms with E-state index in [1.807, 2.05) is 6.26 Å². The average molecular weight is 313 g/mol. The Morgan fingerprint density at radius 3 is 2.76 bits per heavy atom. The number of nitrogens with zero attached hydrogens (tertiary/aromatic N) is 4. The minimum Gasteiger partial charge on any atom is -0.394 e. The molecule has 10 heteroatoms. The van der Waals surface area contributed by atoms with Crippen LogP contribution in [-0.4, -0.2) is 66.0 Å². The summed E-state index contributed by atoms with van der Waals surface area (Å²) in [5, 5.41) is 29.5. The molecule has 0 saturated carbocycles. The molecule has 0 radical (unpaired) electrons. The smallest absolute Gasteiger partial charge is 0.191 e. The van der Waals surface area contributed by atoms with Crippen LogP contribution >= 0.6 is 11.8 Å². The summed E-state index contributed by atoms with van der Waals surface area (Å²) in [7, 11) is 0. The lowest BCUT2D eigenvalue weighted by molar-refractivity contribution is -0.0511. The Morgan fingerprint density at radius 1 is 1.38 bits per heavy atom. The first-order valence-corrected chi connectivity index (χ1v) is 7.45. The van der Waals surface area contributed by atoms with Crippen molar-refractivity contribution < 1.29 is 20.1 Å². The lowest BCUT2D eigenvalue weighted by atomic mass is 10.1. The molecule has 1 saturated heterocycles. The molecule has 1 aliphatic heterocycles. The van der Waals surface area contributed by atoms with Gasteiger partial charge in [-0.05, 0) is 6.26 Å². The fraction of sp³-hybridized carbons (Fsp3) is 0.545. The summed E-state index contributed by atoms with van der Waals surface area (Å²) >= 11 is 1.32. The van der Waals surface area contributed by atoms with E-state index in [1.54, 1.807) is 0 Å². The Kier molecular flexibility index (Phi) is 3.71. The number of fused-ring (bicyclic) bond motifs is 1. The van der Waals surface area contributed by atoms with Crippen LogP contribution in [0.5, 0.6) is 0 Å². The Bertz CT molecular complexity index is 665. The second-order valence-electron chi connectivity index (χ2n) is 4.65. The molecule has 0 spiro atoms. The van der Waals surface area contributed by atoms with Crippen molar-refractivity contribution in [2.75, 3.05) is 18.6 Å². The molecule has 1 aliphatic rings. The summed E-state index contributed by atoms with van der Waals surface area (Å²) in [4.78, 5) is 12.5. The van der Waals surface area contributed by atoms with Crippen LogP contribution in [0.4, 0.5) is 5.82 Å². The monoisotopic (exact) mass is 313 g/mol. The van der Waals surface area contributed by atoms with E-state index in [1.165, 1.54) is 22.7 Å². The molecule has 1 fully saturated rings. The van der Waals surface area contributed by atoms with E-state index < -0.39 is 31.1 Å². The standard InChI is InChI=1S/C11H15N5O4S/c1-21-11-14-8(12)5-9(15-11)16(3-13-5)10-7(19)6(18)4(2-17)20-10/h3-4,6-7,10,17-19H,2H2,1H3,(H2,12,14,15)/t4-,6?,7+,10-/m1/s1. The molecular weight excluding hydrogens is 298 g/mol. The first-order valence-electron chi connectivity index (χ1n) is 6.23. The minimum atomic E-state index is -1.20. The summed E-state index contributed by atoms with van der Waals surface area (Å²) in [6, 6.07) is 0. The zero-order chi connectivity index (χ0) is 15.1. The number of thioether (sulfide) groups is 1. The maximum Gasteiger partial charge on any atom is 0.191 e. The highest BCUT2D eigenvalue weighted by Gasteiger charge is 2.44. The van der Waals surface area contributed by atoms with E-state index in [4.69, 9.17) is 15.6 Å². The van der Waals surface area contributed by atoms with Gasteiger partial charge < -0.3 is 25.8 Å². The number of ether oxygens (including phenoxy) is 1. The molecule has 4 atom stereocenters. The van der Waals surface area contributed by atoms with Gasteiger partial charge in [0, 0.05) is 0 Å². The summed E-state index contributed by atoms with van der Waals surface area (Å²) in [5.41, 5.74) is 6.63. The number of anilines is 1. The summed E-state index contributed by atoms with van der Waals surface area (Å²) in [6.45, 7) is -0.394. The van der Waals surface area contributed by atoms with Crippen LogP contribution in [0, 0.1) is 0 Å². The molecule has 0 bridgehead atoms. The molecule has 114 valence electrons. The van der Waals surface area contributed by atoms with E-state index in [0.717, 1.165) is 0 Å². The summed E-state index contributed by atoms with van der Waals surface area (Å²) < 4.78 is 6.95. The number of aliphatic hydroxyl groups excluding tert-OH is 3. The molecule has 0 aromatic carbocycles. The second kappa shape index (κ2) is 5.39.